The van der Waals surface area contributed by atoms with Crippen LogP contribution < -0.4 is 5.46 Å². The summed E-state index contributed by atoms with van der Waals surface area (Å²) in [7, 11) is 5.75. The average Bonchev–Trinajstić information content (AvgIpc) is 2.61. The lowest BCUT2D eigenvalue weighted by Gasteiger charge is -2.14. The van der Waals surface area contributed by atoms with Crippen LogP contribution in [0.2, 0.25) is 0 Å². The molecule has 1 aromatic carbocycles. The number of ether oxygens (including phenoxy) is 1. The van der Waals surface area contributed by atoms with Crippen molar-refractivity contribution in [2.24, 2.45) is 0 Å². The first kappa shape index (κ1) is 14.6. The highest BCUT2D eigenvalue weighted by Gasteiger charge is 2.17. The molecule has 2 radical (unpaired) electrons. The fourth-order valence-corrected chi connectivity index (χ4v) is 4.09. The van der Waals surface area contributed by atoms with Crippen molar-refractivity contribution in [3.63, 3.8) is 0 Å². The van der Waals surface area contributed by atoms with Crippen LogP contribution in [0.4, 0.5) is 0 Å². The van der Waals surface area contributed by atoms with Crippen LogP contribution in [0.1, 0.15) is 10.4 Å². The molecule has 0 saturated carbocycles. The van der Waals surface area contributed by atoms with Crippen molar-refractivity contribution in [1.82, 2.24) is 0 Å². The Morgan fingerprint density at radius 2 is 2.21 bits per heavy atom. The Hall–Kier alpha value is -0.805. The molecule has 2 rings (SSSR count). The SMILES string of the molecule is [B]c1ccccc1C(=O)OCC1CSCC(=C)CS1. The lowest BCUT2D eigenvalue weighted by Crippen LogP contribution is -2.22. The fraction of sp³-hybridized carbons (Fsp3) is 0.357. The quantitative estimate of drug-likeness (QED) is 0.483. The number of benzene rings is 1. The largest absolute Gasteiger partial charge is 0.461 e. The third-order valence-electron chi connectivity index (χ3n) is 2.71. The van der Waals surface area contributed by atoms with Gasteiger partial charge in [-0.2, -0.15) is 11.8 Å². The Morgan fingerprint density at radius 3 is 3.00 bits per heavy atom. The van der Waals surface area contributed by atoms with E-state index in [1.807, 2.05) is 11.8 Å². The van der Waals surface area contributed by atoms with Crippen LogP contribution in [-0.4, -0.2) is 42.9 Å². The standard InChI is InChI=1S/C14H15BO2S2/c1-10-7-18-9-11(19-8-10)6-17-14(16)12-4-2-3-5-13(12)15/h2-5,11H,1,6-9H2. The number of rotatable bonds is 3. The van der Waals surface area contributed by atoms with Gasteiger partial charge in [0, 0.05) is 22.5 Å². The summed E-state index contributed by atoms with van der Waals surface area (Å²) in [4.78, 5) is 11.9. The number of hydrogen-bond acceptors (Lipinski definition) is 4. The Balaban J connectivity index is 1.87. The molecule has 0 aliphatic carbocycles. The molecule has 1 fully saturated rings. The maximum atomic E-state index is 11.9. The molecule has 1 atom stereocenters. The molecule has 1 aromatic rings. The minimum Gasteiger partial charge on any atom is -0.461 e. The van der Waals surface area contributed by atoms with Gasteiger partial charge >= 0.3 is 5.97 Å². The van der Waals surface area contributed by atoms with Crippen molar-refractivity contribution in [1.29, 1.82) is 0 Å². The normalized spacial score (nSPS) is 19.8. The number of esters is 1. The average molecular weight is 290 g/mol. The minimum atomic E-state index is -0.341. The molecule has 1 heterocycles. The summed E-state index contributed by atoms with van der Waals surface area (Å²) in [6.07, 6.45) is 0. The molecule has 1 unspecified atom stereocenters. The minimum absolute atomic E-state index is 0.332. The maximum absolute atomic E-state index is 11.9. The first-order valence-electron chi connectivity index (χ1n) is 6.04. The van der Waals surface area contributed by atoms with Crippen molar-refractivity contribution in [2.45, 2.75) is 5.25 Å². The van der Waals surface area contributed by atoms with Crippen molar-refractivity contribution < 1.29 is 9.53 Å². The van der Waals surface area contributed by atoms with E-state index in [4.69, 9.17) is 12.6 Å². The second-order valence-electron chi connectivity index (χ2n) is 4.38. The molecular formula is C14H15BO2S2. The van der Waals surface area contributed by atoms with Crippen LogP contribution in [0.3, 0.4) is 0 Å². The Morgan fingerprint density at radius 1 is 1.42 bits per heavy atom. The molecule has 1 aliphatic rings. The van der Waals surface area contributed by atoms with Gasteiger partial charge in [-0.15, -0.1) is 11.8 Å². The van der Waals surface area contributed by atoms with Gasteiger partial charge in [0.25, 0.3) is 0 Å². The summed E-state index contributed by atoms with van der Waals surface area (Å²) in [5.74, 6) is 2.60. The molecular weight excluding hydrogens is 275 g/mol. The van der Waals surface area contributed by atoms with Crippen LogP contribution in [0.5, 0.6) is 0 Å². The molecule has 1 saturated heterocycles. The molecule has 0 N–H and O–H groups in total. The molecule has 0 bridgehead atoms. The summed E-state index contributed by atoms with van der Waals surface area (Å²) in [5, 5.41) is 0.332. The highest BCUT2D eigenvalue weighted by Crippen LogP contribution is 2.25. The van der Waals surface area contributed by atoms with Gasteiger partial charge in [-0.3, -0.25) is 0 Å². The molecule has 0 aromatic heterocycles. The van der Waals surface area contributed by atoms with Gasteiger partial charge in [-0.1, -0.05) is 35.8 Å². The van der Waals surface area contributed by atoms with E-state index >= 15 is 0 Å². The molecule has 0 amide bonds. The third-order valence-corrected chi connectivity index (χ3v) is 5.52. The van der Waals surface area contributed by atoms with Crippen LogP contribution in [0.15, 0.2) is 36.4 Å². The lowest BCUT2D eigenvalue weighted by atomic mass is 9.91. The van der Waals surface area contributed by atoms with Gasteiger partial charge in [-0.25, -0.2) is 4.79 Å². The van der Waals surface area contributed by atoms with E-state index in [1.165, 1.54) is 5.57 Å². The van der Waals surface area contributed by atoms with Crippen LogP contribution in [0, 0.1) is 0 Å². The predicted octanol–water partition coefficient (Wildman–Crippen LogP) is 2.04. The van der Waals surface area contributed by atoms with Gasteiger partial charge in [0.05, 0.1) is 5.56 Å². The molecule has 2 nitrogen and oxygen atoms in total. The highest BCUT2D eigenvalue weighted by molar-refractivity contribution is 8.04. The first-order chi connectivity index (χ1) is 9.16. The summed E-state index contributed by atoms with van der Waals surface area (Å²) < 4.78 is 5.36. The maximum Gasteiger partial charge on any atom is 0.337 e. The van der Waals surface area contributed by atoms with Crippen molar-refractivity contribution in [3.05, 3.63) is 42.0 Å². The van der Waals surface area contributed by atoms with E-state index in [-0.39, 0.29) is 5.97 Å². The molecule has 19 heavy (non-hydrogen) atoms. The summed E-state index contributed by atoms with van der Waals surface area (Å²) in [6.45, 7) is 4.43. The first-order valence-corrected chi connectivity index (χ1v) is 8.25. The van der Waals surface area contributed by atoms with E-state index in [2.05, 4.69) is 6.58 Å². The predicted molar refractivity (Wildman–Crippen MR) is 84.8 cm³/mol. The van der Waals surface area contributed by atoms with Gasteiger partial charge in [0.15, 0.2) is 0 Å². The van der Waals surface area contributed by atoms with E-state index < -0.39 is 0 Å². The number of thioether (sulfide) groups is 2. The number of hydrogen-bond donors (Lipinski definition) is 0. The summed E-state index contributed by atoms with van der Waals surface area (Å²) >= 11 is 3.65. The zero-order valence-corrected chi connectivity index (χ0v) is 12.3. The molecule has 98 valence electrons. The van der Waals surface area contributed by atoms with Gasteiger partial charge in [-0.05, 0) is 6.07 Å². The highest BCUT2D eigenvalue weighted by atomic mass is 32.2. The Bertz CT molecular complexity index is 476. The second-order valence-corrected chi connectivity index (χ2v) is 6.70. The van der Waals surface area contributed by atoms with Gasteiger partial charge < -0.3 is 4.74 Å². The molecule has 5 heteroatoms. The topological polar surface area (TPSA) is 26.3 Å². The summed E-state index contributed by atoms with van der Waals surface area (Å²) in [6, 6.07) is 6.98. The zero-order chi connectivity index (χ0) is 13.7. The van der Waals surface area contributed by atoms with Gasteiger partial charge in [0.1, 0.15) is 14.5 Å². The zero-order valence-electron chi connectivity index (χ0n) is 10.6. The van der Waals surface area contributed by atoms with E-state index in [0.717, 1.165) is 17.3 Å². The van der Waals surface area contributed by atoms with Crippen molar-refractivity contribution >= 4 is 42.8 Å². The molecule has 1 aliphatic heterocycles. The Kier molecular flexibility index (Phi) is 5.46. The van der Waals surface area contributed by atoms with Crippen molar-refractivity contribution in [3.8, 4) is 0 Å². The second kappa shape index (κ2) is 7.10. The number of carbonyl (C=O) groups is 1. The summed E-state index contributed by atoms with van der Waals surface area (Å²) in [5.41, 5.74) is 2.15. The lowest BCUT2D eigenvalue weighted by molar-refractivity contribution is 0.0513. The van der Waals surface area contributed by atoms with Crippen LogP contribution in [0.25, 0.3) is 0 Å². The van der Waals surface area contributed by atoms with E-state index in [9.17, 15) is 4.79 Å². The monoisotopic (exact) mass is 290 g/mol. The van der Waals surface area contributed by atoms with Crippen molar-refractivity contribution in [2.75, 3.05) is 23.9 Å². The number of carbonyl (C=O) groups excluding carboxylic acids is 1. The van der Waals surface area contributed by atoms with Gasteiger partial charge in [0.2, 0.25) is 0 Å². The third kappa shape index (κ3) is 4.35. The van der Waals surface area contributed by atoms with Crippen LogP contribution in [-0.2, 0) is 4.74 Å². The van der Waals surface area contributed by atoms with E-state index in [1.54, 1.807) is 36.0 Å². The van der Waals surface area contributed by atoms with Crippen LogP contribution >= 0.6 is 23.5 Å². The van der Waals surface area contributed by atoms with E-state index in [0.29, 0.717) is 22.9 Å². The Labute approximate surface area is 123 Å². The fourth-order valence-electron chi connectivity index (χ4n) is 1.69. The molecule has 0 spiro atoms. The smallest absolute Gasteiger partial charge is 0.337 e.